The highest BCUT2D eigenvalue weighted by Gasteiger charge is 2.30. The zero-order chi connectivity index (χ0) is 21.5. The van der Waals surface area contributed by atoms with Crippen LogP contribution >= 0.6 is 46.1 Å². The summed E-state index contributed by atoms with van der Waals surface area (Å²) < 4.78 is 1.03. The van der Waals surface area contributed by atoms with Gasteiger partial charge in [0.15, 0.2) is 5.11 Å². The van der Waals surface area contributed by atoms with Crippen LogP contribution in [0.5, 0.6) is 0 Å². The third-order valence-corrected chi connectivity index (χ3v) is 6.70. The summed E-state index contributed by atoms with van der Waals surface area (Å²) in [5.74, 6) is -0.238. The lowest BCUT2D eigenvalue weighted by atomic mass is 9.96. The van der Waals surface area contributed by atoms with E-state index in [1.165, 1.54) is 11.3 Å². The summed E-state index contributed by atoms with van der Waals surface area (Å²) in [6, 6.07) is 15.6. The number of nitrogens with zero attached hydrogens (tertiary/aromatic N) is 3. The molecule has 1 atom stereocenters. The van der Waals surface area contributed by atoms with Crippen LogP contribution in [0.2, 0.25) is 0 Å². The lowest BCUT2D eigenvalue weighted by Crippen LogP contribution is -2.42. The molecule has 31 heavy (non-hydrogen) atoms. The number of hydrogen-bond acceptors (Lipinski definition) is 6. The van der Waals surface area contributed by atoms with Crippen molar-refractivity contribution in [2.45, 2.75) is 13.0 Å². The smallest absolute Gasteiger partial charge is 0.275 e. The number of anilines is 1. The Morgan fingerprint density at radius 3 is 2.74 bits per heavy atom. The summed E-state index contributed by atoms with van der Waals surface area (Å²) in [6.07, 6.45) is 0. The third-order valence-electron chi connectivity index (χ3n) is 4.95. The van der Waals surface area contributed by atoms with Crippen LogP contribution in [0.4, 0.5) is 10.8 Å². The van der Waals surface area contributed by atoms with E-state index in [2.05, 4.69) is 53.7 Å². The number of thiocarbonyl (C=S) groups is 1. The van der Waals surface area contributed by atoms with Crippen molar-refractivity contribution < 1.29 is 4.79 Å². The van der Waals surface area contributed by atoms with E-state index in [4.69, 9.17) is 12.2 Å². The minimum absolute atomic E-state index is 0.152. The Kier molecular flexibility index (Phi) is 5.28. The van der Waals surface area contributed by atoms with E-state index in [1.807, 2.05) is 55.5 Å². The van der Waals surface area contributed by atoms with Gasteiger partial charge in [0.1, 0.15) is 10.7 Å². The van der Waals surface area contributed by atoms with Gasteiger partial charge in [-0.15, -0.1) is 10.2 Å². The maximum atomic E-state index is 12.4. The van der Waals surface area contributed by atoms with Crippen LogP contribution in [0.3, 0.4) is 0 Å². The highest BCUT2D eigenvalue weighted by Crippen LogP contribution is 2.37. The second-order valence-electron chi connectivity index (χ2n) is 6.98. The van der Waals surface area contributed by atoms with E-state index in [-0.39, 0.29) is 11.9 Å². The Hall–Kier alpha value is -2.70. The molecule has 2 aliphatic rings. The minimum Gasteiger partial charge on any atom is -0.351 e. The van der Waals surface area contributed by atoms with E-state index in [0.29, 0.717) is 16.0 Å². The second-order valence-corrected chi connectivity index (χ2v) is 9.58. The molecule has 0 spiro atoms. The minimum atomic E-state index is -0.238. The first kappa shape index (κ1) is 20.2. The van der Waals surface area contributed by atoms with Gasteiger partial charge in [-0.2, -0.15) is 0 Å². The summed E-state index contributed by atoms with van der Waals surface area (Å²) in [7, 11) is 0. The molecule has 3 aromatic rings. The Morgan fingerprint density at radius 1 is 1.13 bits per heavy atom. The summed E-state index contributed by atoms with van der Waals surface area (Å²) in [4.78, 5) is 17.0. The van der Waals surface area contributed by atoms with E-state index in [9.17, 15) is 4.79 Å². The van der Waals surface area contributed by atoms with Crippen LogP contribution in [0.25, 0.3) is 5.57 Å². The predicted molar refractivity (Wildman–Crippen MR) is 135 cm³/mol. The van der Waals surface area contributed by atoms with Gasteiger partial charge >= 0.3 is 0 Å². The number of aromatic nitrogens is 2. The molecule has 0 fully saturated rings. The molecule has 0 bridgehead atoms. The second kappa shape index (κ2) is 8.09. The molecule has 0 radical (unpaired) electrons. The van der Waals surface area contributed by atoms with E-state index in [1.54, 1.807) is 0 Å². The van der Waals surface area contributed by atoms with E-state index >= 15 is 0 Å². The number of benzene rings is 2. The summed E-state index contributed by atoms with van der Waals surface area (Å²) in [5, 5.41) is 19.7. The normalized spacial score (nSPS) is 19.2. The molecule has 0 saturated heterocycles. The highest BCUT2D eigenvalue weighted by atomic mass is 127. The van der Waals surface area contributed by atoms with Gasteiger partial charge in [0.25, 0.3) is 5.91 Å². The standard InChI is InChI=1S/C21H15IN6OS2/c1-10-15(16(25-20(30)23-10)11-5-3-2-4-6-11)19-27-28-21(31-19)26-17-13-9-12(22)7-8-14(13)24-18(17)29/h2-9,16H,1H3,(H2,23,25,30)(H,24,26,28,29). The lowest BCUT2D eigenvalue weighted by molar-refractivity contribution is -0.110. The highest BCUT2D eigenvalue weighted by molar-refractivity contribution is 14.1. The van der Waals surface area contributed by atoms with E-state index < -0.39 is 0 Å². The van der Waals surface area contributed by atoms with Crippen molar-refractivity contribution in [3.05, 3.63) is 73.9 Å². The fraction of sp³-hybridized carbons (Fsp3) is 0.0952. The number of aliphatic imine (C=N–C) groups is 1. The number of hydrogen-bond donors (Lipinski definition) is 3. The Labute approximate surface area is 201 Å². The number of nitrogens with one attached hydrogen (secondary N) is 3. The van der Waals surface area contributed by atoms with Crippen molar-refractivity contribution in [3.8, 4) is 0 Å². The molecule has 3 heterocycles. The maximum Gasteiger partial charge on any atom is 0.275 e. The van der Waals surface area contributed by atoms with Crippen LogP contribution in [-0.2, 0) is 4.79 Å². The molecule has 7 nitrogen and oxygen atoms in total. The molecule has 1 unspecified atom stereocenters. The third kappa shape index (κ3) is 3.86. The number of rotatable bonds is 3. The molecule has 1 aromatic heterocycles. The topological polar surface area (TPSA) is 91.3 Å². The Bertz CT molecular complexity index is 1280. The lowest BCUT2D eigenvalue weighted by Gasteiger charge is -2.29. The molecule has 3 N–H and O–H groups in total. The zero-order valence-electron chi connectivity index (χ0n) is 16.1. The molecule has 10 heteroatoms. The summed E-state index contributed by atoms with van der Waals surface area (Å²) in [6.45, 7) is 1.97. The van der Waals surface area contributed by atoms with Gasteiger partial charge in [-0.05, 0) is 65.5 Å². The van der Waals surface area contributed by atoms with E-state index in [0.717, 1.165) is 36.7 Å². The number of carbonyl (C=O) groups is 1. The van der Waals surface area contributed by atoms with Crippen LogP contribution in [-0.4, -0.2) is 26.9 Å². The monoisotopic (exact) mass is 558 g/mol. The van der Waals surface area contributed by atoms with Crippen LogP contribution in [0, 0.1) is 3.57 Å². The molecular weight excluding hydrogens is 543 g/mol. The molecule has 2 aliphatic heterocycles. The molecule has 2 aromatic carbocycles. The van der Waals surface area contributed by atoms with Crippen molar-refractivity contribution in [2.24, 2.45) is 4.99 Å². The van der Waals surface area contributed by atoms with Gasteiger partial charge in [-0.1, -0.05) is 41.7 Å². The molecule has 0 saturated carbocycles. The van der Waals surface area contributed by atoms with Crippen molar-refractivity contribution in [3.63, 3.8) is 0 Å². The average molecular weight is 558 g/mol. The van der Waals surface area contributed by atoms with Gasteiger partial charge in [0.2, 0.25) is 5.13 Å². The first-order valence-corrected chi connectivity index (χ1v) is 11.7. The van der Waals surface area contributed by atoms with Gasteiger partial charge in [-0.3, -0.25) is 4.79 Å². The Morgan fingerprint density at radius 2 is 1.94 bits per heavy atom. The van der Waals surface area contributed by atoms with Gasteiger partial charge in [-0.25, -0.2) is 4.99 Å². The largest absolute Gasteiger partial charge is 0.351 e. The van der Waals surface area contributed by atoms with Crippen molar-refractivity contribution in [1.29, 1.82) is 0 Å². The SMILES string of the molecule is CC1=C(c2nnc(N=C3C(=O)Nc4ccc(I)cc43)s2)C(c2ccccc2)NC(=S)N1. The van der Waals surface area contributed by atoms with Crippen LogP contribution in [0.15, 0.2) is 59.2 Å². The van der Waals surface area contributed by atoms with Gasteiger partial charge in [0.05, 0.1) is 11.7 Å². The maximum absolute atomic E-state index is 12.4. The predicted octanol–water partition coefficient (Wildman–Crippen LogP) is 4.17. The fourth-order valence-electron chi connectivity index (χ4n) is 3.57. The summed E-state index contributed by atoms with van der Waals surface area (Å²) >= 11 is 8.92. The Balaban J connectivity index is 1.54. The first-order chi connectivity index (χ1) is 15.0. The van der Waals surface area contributed by atoms with Crippen molar-refractivity contribution >= 4 is 79.3 Å². The molecule has 154 valence electrons. The number of carbonyl (C=O) groups excluding carboxylic acids is 1. The molecule has 5 rings (SSSR count). The fourth-order valence-corrected chi connectivity index (χ4v) is 5.19. The number of allylic oxidation sites excluding steroid dienone is 1. The number of fused-ring (bicyclic) bond motifs is 1. The first-order valence-electron chi connectivity index (χ1n) is 9.36. The molecule has 1 amide bonds. The number of amides is 1. The average Bonchev–Trinajstić information content (AvgIpc) is 3.33. The summed E-state index contributed by atoms with van der Waals surface area (Å²) in [5.41, 5.74) is 4.81. The zero-order valence-corrected chi connectivity index (χ0v) is 19.9. The quantitative estimate of drug-likeness (QED) is 0.331. The van der Waals surface area contributed by atoms with Crippen LogP contribution in [0.1, 0.15) is 29.1 Å². The van der Waals surface area contributed by atoms with Crippen molar-refractivity contribution in [2.75, 3.05) is 5.32 Å². The van der Waals surface area contributed by atoms with Crippen LogP contribution < -0.4 is 16.0 Å². The van der Waals surface area contributed by atoms with Gasteiger partial charge < -0.3 is 16.0 Å². The molecule has 0 aliphatic carbocycles. The molecular formula is C21H15IN6OS2. The van der Waals surface area contributed by atoms with Crippen molar-refractivity contribution in [1.82, 2.24) is 20.8 Å². The number of halogens is 1. The van der Waals surface area contributed by atoms with Gasteiger partial charge in [0, 0.05) is 20.4 Å².